The maximum absolute atomic E-state index is 10.8. The summed E-state index contributed by atoms with van der Waals surface area (Å²) in [5.74, 6) is 1.66. The Labute approximate surface area is 142 Å². The molecule has 1 aliphatic rings. The Morgan fingerprint density at radius 1 is 1.12 bits per heavy atom. The number of aryl methyl sites for hydroxylation is 1. The third-order valence-electron chi connectivity index (χ3n) is 4.22. The molecule has 1 aromatic carbocycles. The van der Waals surface area contributed by atoms with Crippen LogP contribution in [-0.2, 0) is 11.3 Å². The van der Waals surface area contributed by atoms with Crippen molar-refractivity contribution in [1.29, 1.82) is 0 Å². The van der Waals surface area contributed by atoms with E-state index in [-0.39, 0.29) is 0 Å². The monoisotopic (exact) mass is 325 g/mol. The molecular formula is C18H23N5O. The highest BCUT2D eigenvalue weighted by atomic mass is 16.1. The van der Waals surface area contributed by atoms with Gasteiger partial charge in [-0.3, -0.25) is 4.79 Å². The van der Waals surface area contributed by atoms with E-state index in [0.717, 1.165) is 56.6 Å². The fourth-order valence-corrected chi connectivity index (χ4v) is 2.85. The van der Waals surface area contributed by atoms with E-state index in [0.29, 0.717) is 0 Å². The molecule has 0 saturated carbocycles. The number of carbonyl (C=O) groups is 1. The number of rotatable bonds is 5. The van der Waals surface area contributed by atoms with Gasteiger partial charge in [0.25, 0.3) is 0 Å². The second-order valence-electron chi connectivity index (χ2n) is 6.14. The molecule has 1 aliphatic heterocycles. The van der Waals surface area contributed by atoms with Gasteiger partial charge in [0, 0.05) is 51.5 Å². The van der Waals surface area contributed by atoms with E-state index < -0.39 is 0 Å². The van der Waals surface area contributed by atoms with Crippen molar-refractivity contribution in [2.75, 3.05) is 43.0 Å². The van der Waals surface area contributed by atoms with Crippen molar-refractivity contribution < 1.29 is 4.79 Å². The number of amides is 1. The largest absolute Gasteiger partial charge is 0.353 e. The van der Waals surface area contributed by atoms with Crippen molar-refractivity contribution in [2.24, 2.45) is 0 Å². The molecule has 126 valence electrons. The van der Waals surface area contributed by atoms with Gasteiger partial charge in [-0.15, -0.1) is 0 Å². The smallest absolute Gasteiger partial charge is 0.227 e. The average Bonchev–Trinajstić information content (AvgIpc) is 2.62. The molecule has 0 radical (unpaired) electrons. The highest BCUT2D eigenvalue weighted by Gasteiger charge is 2.18. The first-order chi connectivity index (χ1) is 11.7. The first-order valence-corrected chi connectivity index (χ1v) is 8.21. The van der Waals surface area contributed by atoms with Gasteiger partial charge in [0.2, 0.25) is 12.4 Å². The Balaban J connectivity index is 1.75. The van der Waals surface area contributed by atoms with E-state index >= 15 is 0 Å². The molecule has 0 atom stereocenters. The zero-order chi connectivity index (χ0) is 16.9. The molecule has 1 amide bonds. The summed E-state index contributed by atoms with van der Waals surface area (Å²) >= 11 is 0. The third kappa shape index (κ3) is 3.82. The van der Waals surface area contributed by atoms with Gasteiger partial charge in [-0.05, 0) is 12.5 Å². The highest BCUT2D eigenvalue weighted by molar-refractivity contribution is 5.50. The minimum absolute atomic E-state index is 0.728. The lowest BCUT2D eigenvalue weighted by Crippen LogP contribution is -2.46. The third-order valence-corrected chi connectivity index (χ3v) is 4.22. The van der Waals surface area contributed by atoms with Crippen molar-refractivity contribution in [2.45, 2.75) is 13.5 Å². The van der Waals surface area contributed by atoms with Crippen LogP contribution in [0.5, 0.6) is 0 Å². The lowest BCUT2D eigenvalue weighted by molar-refractivity contribution is -0.118. The van der Waals surface area contributed by atoms with E-state index in [1.807, 2.05) is 38.2 Å². The number of aromatic nitrogens is 2. The molecule has 0 N–H and O–H groups in total. The standard InChI is InChI=1S/C18H23N5O/c1-15-12-17(23-10-8-22(14-24)9-11-23)20-18(19-15)21(2)13-16-6-4-3-5-7-16/h3-7,12,14H,8-11,13H2,1-2H3. The van der Waals surface area contributed by atoms with Crippen LogP contribution in [0.1, 0.15) is 11.3 Å². The molecule has 1 aromatic heterocycles. The zero-order valence-electron chi connectivity index (χ0n) is 14.2. The number of hydrogen-bond acceptors (Lipinski definition) is 5. The summed E-state index contributed by atoms with van der Waals surface area (Å²) in [5.41, 5.74) is 2.18. The molecular weight excluding hydrogens is 302 g/mol. The van der Waals surface area contributed by atoms with E-state index in [1.54, 1.807) is 4.90 Å². The van der Waals surface area contributed by atoms with Gasteiger partial charge >= 0.3 is 0 Å². The van der Waals surface area contributed by atoms with Crippen LogP contribution in [0, 0.1) is 6.92 Å². The van der Waals surface area contributed by atoms with Crippen LogP contribution in [0.2, 0.25) is 0 Å². The number of piperazine rings is 1. The first-order valence-electron chi connectivity index (χ1n) is 8.21. The minimum Gasteiger partial charge on any atom is -0.353 e. The highest BCUT2D eigenvalue weighted by Crippen LogP contribution is 2.19. The van der Waals surface area contributed by atoms with Crippen molar-refractivity contribution in [3.05, 3.63) is 47.7 Å². The maximum Gasteiger partial charge on any atom is 0.227 e. The summed E-state index contributed by atoms with van der Waals surface area (Å²) in [7, 11) is 2.01. The van der Waals surface area contributed by atoms with E-state index in [9.17, 15) is 4.79 Å². The molecule has 0 unspecified atom stereocenters. The van der Waals surface area contributed by atoms with Gasteiger partial charge in [0.05, 0.1) is 0 Å². The summed E-state index contributed by atoms with van der Waals surface area (Å²) < 4.78 is 0. The van der Waals surface area contributed by atoms with Gasteiger partial charge in [0.15, 0.2) is 0 Å². The molecule has 2 aromatic rings. The number of hydrogen-bond donors (Lipinski definition) is 0. The average molecular weight is 325 g/mol. The summed E-state index contributed by atoms with van der Waals surface area (Å²) in [6, 6.07) is 12.3. The molecule has 1 saturated heterocycles. The van der Waals surface area contributed by atoms with Crippen LogP contribution in [0.25, 0.3) is 0 Å². The Kier molecular flexibility index (Phi) is 4.93. The van der Waals surface area contributed by atoms with Gasteiger partial charge in [-0.25, -0.2) is 4.98 Å². The number of anilines is 2. The quantitative estimate of drug-likeness (QED) is 0.783. The summed E-state index contributed by atoms with van der Waals surface area (Å²) in [5, 5.41) is 0. The SMILES string of the molecule is Cc1cc(N2CCN(C=O)CC2)nc(N(C)Cc2ccccc2)n1. The fourth-order valence-electron chi connectivity index (χ4n) is 2.85. The van der Waals surface area contributed by atoms with Crippen molar-refractivity contribution in [1.82, 2.24) is 14.9 Å². The molecule has 24 heavy (non-hydrogen) atoms. The molecule has 0 aliphatic carbocycles. The molecule has 1 fully saturated rings. The van der Waals surface area contributed by atoms with Crippen LogP contribution < -0.4 is 9.80 Å². The first kappa shape index (κ1) is 16.2. The number of benzene rings is 1. The van der Waals surface area contributed by atoms with Crippen LogP contribution in [-0.4, -0.2) is 54.5 Å². The summed E-state index contributed by atoms with van der Waals surface area (Å²) in [4.78, 5) is 26.2. The number of carbonyl (C=O) groups excluding carboxylic acids is 1. The molecule has 6 nitrogen and oxygen atoms in total. The second-order valence-corrected chi connectivity index (χ2v) is 6.14. The molecule has 3 rings (SSSR count). The summed E-state index contributed by atoms with van der Waals surface area (Å²) in [6.07, 6.45) is 0.918. The van der Waals surface area contributed by atoms with E-state index in [4.69, 9.17) is 4.98 Å². The molecule has 0 spiro atoms. The Morgan fingerprint density at radius 3 is 2.50 bits per heavy atom. The Bertz CT molecular complexity index is 683. The predicted octanol–water partition coefficient (Wildman–Crippen LogP) is 1.70. The maximum atomic E-state index is 10.8. The summed E-state index contributed by atoms with van der Waals surface area (Å²) in [6.45, 7) is 5.84. The van der Waals surface area contributed by atoms with Gasteiger partial charge < -0.3 is 14.7 Å². The van der Waals surface area contributed by atoms with Crippen LogP contribution >= 0.6 is 0 Å². The van der Waals surface area contributed by atoms with Crippen molar-refractivity contribution in [3.63, 3.8) is 0 Å². The molecule has 2 heterocycles. The molecule has 0 bridgehead atoms. The van der Waals surface area contributed by atoms with Crippen molar-refractivity contribution in [3.8, 4) is 0 Å². The van der Waals surface area contributed by atoms with E-state index in [2.05, 4.69) is 26.9 Å². The van der Waals surface area contributed by atoms with Crippen LogP contribution in [0.15, 0.2) is 36.4 Å². The van der Waals surface area contributed by atoms with Gasteiger partial charge in [-0.1, -0.05) is 30.3 Å². The topological polar surface area (TPSA) is 52.6 Å². The number of nitrogens with zero attached hydrogens (tertiary/aromatic N) is 5. The molecule has 6 heteroatoms. The Morgan fingerprint density at radius 2 is 1.83 bits per heavy atom. The van der Waals surface area contributed by atoms with Gasteiger partial charge in [0.1, 0.15) is 5.82 Å². The second kappa shape index (κ2) is 7.29. The fraction of sp³-hybridized carbons (Fsp3) is 0.389. The Hall–Kier alpha value is -2.63. The predicted molar refractivity (Wildman–Crippen MR) is 95.2 cm³/mol. The minimum atomic E-state index is 0.728. The normalized spacial score (nSPS) is 14.6. The van der Waals surface area contributed by atoms with E-state index in [1.165, 1.54) is 5.56 Å². The van der Waals surface area contributed by atoms with Crippen LogP contribution in [0.3, 0.4) is 0 Å². The lowest BCUT2D eigenvalue weighted by Gasteiger charge is -2.33. The van der Waals surface area contributed by atoms with Gasteiger partial charge in [-0.2, -0.15) is 4.98 Å². The zero-order valence-corrected chi connectivity index (χ0v) is 14.2. The van der Waals surface area contributed by atoms with Crippen molar-refractivity contribution >= 4 is 18.2 Å². The lowest BCUT2D eigenvalue weighted by atomic mass is 10.2. The van der Waals surface area contributed by atoms with Crippen LogP contribution in [0.4, 0.5) is 11.8 Å².